The molecule has 0 atom stereocenters. The predicted molar refractivity (Wildman–Crippen MR) is 117 cm³/mol. The zero-order valence-electron chi connectivity index (χ0n) is 17.1. The van der Waals surface area contributed by atoms with Gasteiger partial charge in [-0.25, -0.2) is 18.4 Å². The van der Waals surface area contributed by atoms with Gasteiger partial charge in [-0.3, -0.25) is 4.79 Å². The van der Waals surface area contributed by atoms with Crippen molar-refractivity contribution in [3.63, 3.8) is 0 Å². The quantitative estimate of drug-likeness (QED) is 0.468. The van der Waals surface area contributed by atoms with E-state index in [0.717, 1.165) is 16.5 Å². The van der Waals surface area contributed by atoms with Crippen molar-refractivity contribution >= 4 is 43.6 Å². The van der Waals surface area contributed by atoms with Crippen molar-refractivity contribution in [1.82, 2.24) is 0 Å². The Morgan fingerprint density at radius 3 is 2.39 bits per heavy atom. The van der Waals surface area contributed by atoms with Crippen LogP contribution in [0.2, 0.25) is 0 Å². The molecule has 0 aliphatic carbocycles. The highest BCUT2D eigenvalue weighted by Gasteiger charge is 2.20. The van der Waals surface area contributed by atoms with Crippen LogP contribution < -0.4 is 16.1 Å². The molecule has 0 aliphatic heterocycles. The molecule has 1 amide bonds. The minimum atomic E-state index is -3.82. The van der Waals surface area contributed by atoms with E-state index >= 15 is 0 Å². The predicted octanol–water partition coefficient (Wildman–Crippen LogP) is 3.29. The number of carbonyl (C=O) groups excluding carboxylic acids is 1. The Morgan fingerprint density at radius 2 is 1.74 bits per heavy atom. The topological polar surface area (TPSA) is 133 Å². The summed E-state index contributed by atoms with van der Waals surface area (Å²) in [5.41, 5.74) is 3.56. The van der Waals surface area contributed by atoms with Gasteiger partial charge in [-0.05, 0) is 67.8 Å². The summed E-state index contributed by atoms with van der Waals surface area (Å²) < 4.78 is 33.9. The molecular weight excluding hydrogens is 420 g/mol. The summed E-state index contributed by atoms with van der Waals surface area (Å²) in [6.07, 6.45) is 1.44. The molecule has 0 saturated carbocycles. The van der Waals surface area contributed by atoms with Gasteiger partial charge in [0.05, 0.1) is 28.5 Å². The van der Waals surface area contributed by atoms with Crippen LogP contribution in [0.4, 0.5) is 5.69 Å². The van der Waals surface area contributed by atoms with Crippen molar-refractivity contribution in [1.29, 1.82) is 0 Å². The number of nitrogens with two attached hydrogens (primary N) is 1. The summed E-state index contributed by atoms with van der Waals surface area (Å²) >= 11 is 0. The SMILES string of the molecule is Cc1coc2c1c(C)cc1oc(=O)c(CC(=O)Nc3ccc(S(N)(=O)=O)cc3)c(C)c12. The Morgan fingerprint density at radius 1 is 1.06 bits per heavy atom. The maximum atomic E-state index is 12.6. The maximum Gasteiger partial charge on any atom is 0.340 e. The Kier molecular flexibility index (Phi) is 4.95. The number of nitrogens with one attached hydrogen (secondary N) is 1. The molecule has 2 aromatic heterocycles. The molecule has 0 unspecified atom stereocenters. The molecule has 31 heavy (non-hydrogen) atoms. The summed E-state index contributed by atoms with van der Waals surface area (Å²) in [6, 6.07) is 7.22. The molecule has 0 bridgehead atoms. The molecule has 0 spiro atoms. The van der Waals surface area contributed by atoms with Crippen LogP contribution in [0, 0.1) is 20.8 Å². The van der Waals surface area contributed by atoms with E-state index in [1.54, 1.807) is 19.3 Å². The lowest BCUT2D eigenvalue weighted by molar-refractivity contribution is -0.115. The number of aryl methyl sites for hydroxylation is 3. The first kappa shape index (κ1) is 20.8. The van der Waals surface area contributed by atoms with E-state index < -0.39 is 21.6 Å². The molecule has 9 heteroatoms. The van der Waals surface area contributed by atoms with Crippen molar-refractivity contribution in [3.8, 4) is 0 Å². The van der Waals surface area contributed by atoms with Gasteiger partial charge in [0.15, 0.2) is 0 Å². The number of rotatable bonds is 4. The second-order valence-corrected chi connectivity index (χ2v) is 9.04. The largest absolute Gasteiger partial charge is 0.463 e. The zero-order valence-corrected chi connectivity index (χ0v) is 17.9. The molecule has 160 valence electrons. The first-order valence-electron chi connectivity index (χ1n) is 9.42. The molecule has 0 saturated heterocycles. The number of amides is 1. The molecule has 2 heterocycles. The fraction of sp³-hybridized carbons (Fsp3) is 0.182. The van der Waals surface area contributed by atoms with Gasteiger partial charge in [-0.2, -0.15) is 0 Å². The van der Waals surface area contributed by atoms with E-state index in [4.69, 9.17) is 14.0 Å². The van der Waals surface area contributed by atoms with Crippen LogP contribution in [0.15, 0.2) is 55.1 Å². The number of hydrogen-bond donors (Lipinski definition) is 2. The zero-order chi connectivity index (χ0) is 22.5. The van der Waals surface area contributed by atoms with Gasteiger partial charge in [0.25, 0.3) is 0 Å². The third-order valence-electron chi connectivity index (χ3n) is 5.27. The van der Waals surface area contributed by atoms with Crippen LogP contribution in [-0.2, 0) is 21.2 Å². The van der Waals surface area contributed by atoms with Crippen LogP contribution in [0.5, 0.6) is 0 Å². The Labute approximate surface area is 177 Å². The molecule has 3 N–H and O–H groups in total. The molecule has 0 aliphatic rings. The Bertz CT molecular complexity index is 1510. The Hall–Kier alpha value is -3.43. The number of benzene rings is 2. The third-order valence-corrected chi connectivity index (χ3v) is 6.20. The fourth-order valence-electron chi connectivity index (χ4n) is 3.77. The van der Waals surface area contributed by atoms with Crippen LogP contribution >= 0.6 is 0 Å². The lowest BCUT2D eigenvalue weighted by Gasteiger charge is -2.10. The van der Waals surface area contributed by atoms with Gasteiger partial charge >= 0.3 is 5.63 Å². The van der Waals surface area contributed by atoms with Gasteiger partial charge < -0.3 is 14.2 Å². The number of primary sulfonamides is 1. The van der Waals surface area contributed by atoms with E-state index in [0.29, 0.717) is 27.8 Å². The van der Waals surface area contributed by atoms with Gasteiger partial charge in [-0.15, -0.1) is 0 Å². The smallest absolute Gasteiger partial charge is 0.340 e. The maximum absolute atomic E-state index is 12.6. The highest BCUT2D eigenvalue weighted by molar-refractivity contribution is 7.89. The first-order chi connectivity index (χ1) is 14.6. The minimum absolute atomic E-state index is 0.0652. The number of anilines is 1. The van der Waals surface area contributed by atoms with E-state index in [-0.39, 0.29) is 16.9 Å². The number of sulfonamides is 1. The fourth-order valence-corrected chi connectivity index (χ4v) is 4.29. The second-order valence-electron chi connectivity index (χ2n) is 7.48. The van der Waals surface area contributed by atoms with E-state index in [9.17, 15) is 18.0 Å². The minimum Gasteiger partial charge on any atom is -0.463 e. The van der Waals surface area contributed by atoms with Crippen LogP contribution in [0.25, 0.3) is 21.9 Å². The highest BCUT2D eigenvalue weighted by atomic mass is 32.2. The summed E-state index contributed by atoms with van der Waals surface area (Å²) in [5, 5.41) is 9.33. The standard InChI is InChI=1S/C22H20N2O6S/c1-11-8-17-20(21-19(11)12(2)10-29-21)13(3)16(22(26)30-17)9-18(25)24-14-4-6-15(7-5-14)31(23,27)28/h4-8,10H,9H2,1-3H3,(H,24,25)(H2,23,27,28). The monoisotopic (exact) mass is 440 g/mol. The number of furan rings is 1. The lowest BCUT2D eigenvalue weighted by Crippen LogP contribution is -2.21. The van der Waals surface area contributed by atoms with Crippen molar-refractivity contribution in [2.75, 3.05) is 5.32 Å². The summed E-state index contributed by atoms with van der Waals surface area (Å²) in [5.74, 6) is -0.447. The Balaban J connectivity index is 1.70. The summed E-state index contributed by atoms with van der Waals surface area (Å²) in [4.78, 5) is 25.1. The van der Waals surface area contributed by atoms with Crippen LogP contribution in [0.1, 0.15) is 22.3 Å². The molecule has 8 nitrogen and oxygen atoms in total. The molecular formula is C22H20N2O6S. The second kappa shape index (κ2) is 7.36. The molecule has 0 radical (unpaired) electrons. The number of fused-ring (bicyclic) bond motifs is 3. The van der Waals surface area contributed by atoms with Crippen molar-refractivity contribution in [3.05, 3.63) is 69.3 Å². The average Bonchev–Trinajstić information content (AvgIpc) is 3.07. The highest BCUT2D eigenvalue weighted by Crippen LogP contribution is 2.34. The average molecular weight is 440 g/mol. The van der Waals surface area contributed by atoms with E-state index in [1.807, 2.05) is 13.8 Å². The number of carbonyl (C=O) groups is 1. The van der Waals surface area contributed by atoms with Gasteiger partial charge in [0.2, 0.25) is 15.9 Å². The van der Waals surface area contributed by atoms with Gasteiger partial charge in [0, 0.05) is 11.1 Å². The third kappa shape index (κ3) is 3.73. The normalized spacial score (nSPS) is 11.9. The molecule has 2 aromatic carbocycles. The van der Waals surface area contributed by atoms with E-state index in [2.05, 4.69) is 5.32 Å². The van der Waals surface area contributed by atoms with Gasteiger partial charge in [-0.1, -0.05) is 0 Å². The summed E-state index contributed by atoms with van der Waals surface area (Å²) in [6.45, 7) is 5.62. The van der Waals surface area contributed by atoms with Crippen molar-refractivity contribution < 1.29 is 22.0 Å². The molecule has 0 fully saturated rings. The lowest BCUT2D eigenvalue weighted by atomic mass is 9.99. The molecule has 4 aromatic rings. The van der Waals surface area contributed by atoms with E-state index in [1.165, 1.54) is 24.3 Å². The van der Waals surface area contributed by atoms with Gasteiger partial charge in [0.1, 0.15) is 11.2 Å². The summed E-state index contributed by atoms with van der Waals surface area (Å²) in [7, 11) is -3.82. The van der Waals surface area contributed by atoms with Crippen LogP contribution in [0.3, 0.4) is 0 Å². The van der Waals surface area contributed by atoms with Crippen molar-refractivity contribution in [2.45, 2.75) is 32.1 Å². The first-order valence-corrected chi connectivity index (χ1v) is 11.0. The van der Waals surface area contributed by atoms with Crippen molar-refractivity contribution in [2.24, 2.45) is 5.14 Å². The number of hydrogen-bond acceptors (Lipinski definition) is 6. The molecule has 4 rings (SSSR count). The van der Waals surface area contributed by atoms with Crippen LogP contribution in [-0.4, -0.2) is 14.3 Å².